The third-order valence-electron chi connectivity index (χ3n) is 11.5. The van der Waals surface area contributed by atoms with Crippen LogP contribution in [0.15, 0.2) is 237 Å². The Morgan fingerprint density at radius 2 is 0.623 bits per heavy atom. The number of para-hydroxylation sites is 4. The van der Waals surface area contributed by atoms with Gasteiger partial charge in [-0.3, -0.25) is 0 Å². The summed E-state index contributed by atoms with van der Waals surface area (Å²) in [5.41, 5.74) is 13.6. The van der Waals surface area contributed by atoms with Gasteiger partial charge in [0.2, 0.25) is 0 Å². The predicted octanol–water partition coefficient (Wildman–Crippen LogP) is 16.5. The second-order valence-electron chi connectivity index (χ2n) is 15.2. The molecule has 61 heavy (non-hydrogen) atoms. The number of benzene rings is 10. The summed E-state index contributed by atoms with van der Waals surface area (Å²) >= 11 is 1.78. The first-order valence-corrected chi connectivity index (χ1v) is 21.4. The van der Waals surface area contributed by atoms with Crippen LogP contribution < -0.4 is 9.80 Å². The number of rotatable bonds is 9. The molecule has 0 aliphatic heterocycles. The maximum atomic E-state index is 5.32. The molecule has 0 saturated carbocycles. The standard InChI is InChI=1S/C57H39N3S/c1-6-16-42(17-7-1)57-58-55-51-36-30-43(40-26-32-49(33-27-40)59(45-18-8-2-9-19-45)46-20-10-3-11-21-46)38-53(51)54-39-44(31-37-52(54)56(55)61-57)41-28-34-50(35-29-41)60(47-22-12-4-13-23-47)48-24-14-5-15-25-48/h1-39H. The molecule has 0 aliphatic rings. The van der Waals surface area contributed by atoms with Crippen molar-refractivity contribution in [2.24, 2.45) is 0 Å². The van der Waals surface area contributed by atoms with Crippen LogP contribution >= 0.6 is 11.3 Å². The normalized spacial score (nSPS) is 11.3. The lowest BCUT2D eigenvalue weighted by atomic mass is 9.94. The molecule has 0 amide bonds. The number of nitrogens with zero attached hydrogens (tertiary/aromatic N) is 3. The largest absolute Gasteiger partial charge is 0.311 e. The number of hydrogen-bond acceptors (Lipinski definition) is 4. The molecule has 0 saturated heterocycles. The molecule has 0 spiro atoms. The summed E-state index contributed by atoms with van der Waals surface area (Å²) in [4.78, 5) is 9.92. The van der Waals surface area contributed by atoms with Gasteiger partial charge in [0, 0.05) is 50.5 Å². The van der Waals surface area contributed by atoms with Gasteiger partial charge in [-0.25, -0.2) is 4.98 Å². The first-order valence-electron chi connectivity index (χ1n) is 20.6. The van der Waals surface area contributed by atoms with Gasteiger partial charge in [0.05, 0.1) is 10.2 Å². The van der Waals surface area contributed by atoms with Gasteiger partial charge in [0.15, 0.2) is 0 Å². The molecule has 288 valence electrons. The molecule has 3 nitrogen and oxygen atoms in total. The highest BCUT2D eigenvalue weighted by Gasteiger charge is 2.18. The van der Waals surface area contributed by atoms with Crippen molar-refractivity contribution in [2.75, 3.05) is 9.80 Å². The van der Waals surface area contributed by atoms with E-state index < -0.39 is 0 Å². The zero-order valence-corrected chi connectivity index (χ0v) is 34.1. The van der Waals surface area contributed by atoms with Crippen LogP contribution in [0.2, 0.25) is 0 Å². The quantitative estimate of drug-likeness (QED) is 0.136. The van der Waals surface area contributed by atoms with Crippen LogP contribution in [0.1, 0.15) is 0 Å². The minimum Gasteiger partial charge on any atom is -0.311 e. The van der Waals surface area contributed by atoms with Crippen molar-refractivity contribution >= 4 is 77.2 Å². The molecule has 0 aliphatic carbocycles. The fourth-order valence-electron chi connectivity index (χ4n) is 8.50. The van der Waals surface area contributed by atoms with Gasteiger partial charge in [0.25, 0.3) is 0 Å². The fraction of sp³-hybridized carbons (Fsp3) is 0. The zero-order valence-electron chi connectivity index (χ0n) is 33.3. The summed E-state index contributed by atoms with van der Waals surface area (Å²) in [5, 5.41) is 5.83. The molecular weight excluding hydrogens is 759 g/mol. The molecular formula is C57H39N3S. The van der Waals surface area contributed by atoms with E-state index in [1.54, 1.807) is 11.3 Å². The van der Waals surface area contributed by atoms with Crippen molar-refractivity contribution in [1.82, 2.24) is 4.98 Å². The van der Waals surface area contributed by atoms with Crippen molar-refractivity contribution in [3.05, 3.63) is 237 Å². The molecule has 4 heteroatoms. The lowest BCUT2D eigenvalue weighted by molar-refractivity contribution is 1.28. The van der Waals surface area contributed by atoms with Crippen molar-refractivity contribution < 1.29 is 0 Å². The Bertz CT molecular complexity index is 2980. The van der Waals surface area contributed by atoms with E-state index in [4.69, 9.17) is 4.98 Å². The third-order valence-corrected chi connectivity index (χ3v) is 12.6. The Balaban J connectivity index is 1.03. The lowest BCUT2D eigenvalue weighted by Gasteiger charge is -2.25. The first kappa shape index (κ1) is 36.3. The summed E-state index contributed by atoms with van der Waals surface area (Å²) in [5.74, 6) is 0. The van der Waals surface area contributed by atoms with Gasteiger partial charge in [-0.1, -0.05) is 152 Å². The molecule has 10 aromatic carbocycles. The second-order valence-corrected chi connectivity index (χ2v) is 16.2. The lowest BCUT2D eigenvalue weighted by Crippen LogP contribution is -2.09. The van der Waals surface area contributed by atoms with E-state index in [9.17, 15) is 0 Å². The smallest absolute Gasteiger partial charge is 0.124 e. The molecule has 0 atom stereocenters. The summed E-state index contributed by atoms with van der Waals surface area (Å²) in [6.45, 7) is 0. The molecule has 0 fully saturated rings. The predicted molar refractivity (Wildman–Crippen MR) is 260 cm³/mol. The highest BCUT2D eigenvalue weighted by molar-refractivity contribution is 7.22. The minimum atomic E-state index is 1.03. The third kappa shape index (κ3) is 6.89. The van der Waals surface area contributed by atoms with Gasteiger partial charge >= 0.3 is 0 Å². The monoisotopic (exact) mass is 797 g/mol. The summed E-state index contributed by atoms with van der Waals surface area (Å²) in [6.07, 6.45) is 0. The van der Waals surface area contributed by atoms with Crippen molar-refractivity contribution in [2.45, 2.75) is 0 Å². The van der Waals surface area contributed by atoms with E-state index in [2.05, 4.69) is 246 Å². The minimum absolute atomic E-state index is 1.03. The number of aromatic nitrogens is 1. The Morgan fingerprint density at radius 3 is 1.05 bits per heavy atom. The SMILES string of the molecule is c1ccc(-c2nc3c4ccc(-c5ccc(N(c6ccccc6)c6ccccc6)cc5)cc4c4cc(-c5ccc(N(c6ccccc6)c6ccccc6)cc5)ccc4c3s2)cc1. The Hall–Kier alpha value is -7.79. The van der Waals surface area contributed by atoms with Crippen LogP contribution in [0.25, 0.3) is 64.6 Å². The Labute approximate surface area is 359 Å². The molecule has 0 N–H and O–H groups in total. The maximum absolute atomic E-state index is 5.32. The van der Waals surface area contributed by atoms with Crippen LogP contribution in [0.5, 0.6) is 0 Å². The van der Waals surface area contributed by atoms with Gasteiger partial charge in [-0.15, -0.1) is 11.3 Å². The topological polar surface area (TPSA) is 19.4 Å². The van der Waals surface area contributed by atoms with E-state index in [1.165, 1.54) is 37.5 Å². The molecule has 0 radical (unpaired) electrons. The van der Waals surface area contributed by atoms with E-state index in [1.807, 2.05) is 0 Å². The number of hydrogen-bond donors (Lipinski definition) is 0. The Morgan fingerprint density at radius 1 is 0.279 bits per heavy atom. The van der Waals surface area contributed by atoms with Crippen LogP contribution in [-0.4, -0.2) is 4.98 Å². The van der Waals surface area contributed by atoms with Crippen molar-refractivity contribution in [3.63, 3.8) is 0 Å². The second kappa shape index (κ2) is 15.8. The molecule has 1 aromatic heterocycles. The molecule has 11 aromatic rings. The fourth-order valence-corrected chi connectivity index (χ4v) is 9.62. The van der Waals surface area contributed by atoms with Gasteiger partial charge in [-0.2, -0.15) is 0 Å². The molecule has 0 unspecified atom stereocenters. The molecule has 1 heterocycles. The van der Waals surface area contributed by atoms with Crippen LogP contribution in [0.4, 0.5) is 34.1 Å². The summed E-state index contributed by atoms with van der Waals surface area (Å²) in [7, 11) is 0. The van der Waals surface area contributed by atoms with E-state index in [-0.39, 0.29) is 0 Å². The van der Waals surface area contributed by atoms with Gasteiger partial charge < -0.3 is 9.80 Å². The van der Waals surface area contributed by atoms with Crippen LogP contribution in [0.3, 0.4) is 0 Å². The highest BCUT2D eigenvalue weighted by Crippen LogP contribution is 2.44. The van der Waals surface area contributed by atoms with Crippen molar-refractivity contribution in [3.8, 4) is 32.8 Å². The average Bonchev–Trinajstić information content (AvgIpc) is 3.80. The van der Waals surface area contributed by atoms with Gasteiger partial charge in [0.1, 0.15) is 5.01 Å². The highest BCUT2D eigenvalue weighted by atomic mass is 32.1. The number of anilines is 6. The van der Waals surface area contributed by atoms with Crippen molar-refractivity contribution in [1.29, 1.82) is 0 Å². The zero-order chi connectivity index (χ0) is 40.5. The molecule has 0 bridgehead atoms. The van der Waals surface area contributed by atoms with Crippen LogP contribution in [-0.2, 0) is 0 Å². The molecule has 11 rings (SSSR count). The first-order chi connectivity index (χ1) is 30.2. The Kier molecular flexibility index (Phi) is 9.38. The maximum Gasteiger partial charge on any atom is 0.124 e. The van der Waals surface area contributed by atoms with Crippen LogP contribution in [0, 0.1) is 0 Å². The average molecular weight is 798 g/mol. The van der Waals surface area contributed by atoms with E-state index >= 15 is 0 Å². The van der Waals surface area contributed by atoms with Gasteiger partial charge in [-0.05, 0) is 118 Å². The number of thiazole rings is 1. The summed E-state index contributed by atoms with van der Waals surface area (Å²) in [6, 6.07) is 84.5. The number of fused-ring (bicyclic) bond motifs is 6. The van der Waals surface area contributed by atoms with E-state index in [0.717, 1.165) is 61.2 Å². The summed E-state index contributed by atoms with van der Waals surface area (Å²) < 4.78 is 1.21. The van der Waals surface area contributed by atoms with E-state index in [0.29, 0.717) is 0 Å².